The van der Waals surface area contributed by atoms with Gasteiger partial charge in [0.1, 0.15) is 5.76 Å². The number of pyridine rings is 1. The molecule has 0 atom stereocenters. The maximum Gasteiger partial charge on any atom is 0.226 e. The first-order valence-corrected chi connectivity index (χ1v) is 2.92. The minimum absolute atomic E-state index is 0.0128. The predicted octanol–water partition coefficient (Wildman–Crippen LogP) is 2.14. The summed E-state index contributed by atoms with van der Waals surface area (Å²) in [6.45, 7) is -2.19. The number of furan rings is 1. The van der Waals surface area contributed by atoms with E-state index in [4.69, 9.17) is 8.53 Å². The summed E-state index contributed by atoms with van der Waals surface area (Å²) in [7, 11) is 0. The van der Waals surface area contributed by atoms with Crippen LogP contribution in [0, 0.1) is 6.85 Å². The van der Waals surface area contributed by atoms with Gasteiger partial charge in [0.2, 0.25) is 5.71 Å². The molecule has 0 spiro atoms. The summed E-state index contributed by atoms with van der Waals surface area (Å²) in [6, 6.07) is 5.00. The molecule has 0 amide bonds. The van der Waals surface area contributed by atoms with Crippen molar-refractivity contribution in [1.29, 1.82) is 0 Å². The molecule has 2 heterocycles. The van der Waals surface area contributed by atoms with Crippen molar-refractivity contribution in [3.05, 3.63) is 30.2 Å². The molecule has 0 radical (unpaired) electrons. The Morgan fingerprint density at radius 2 is 2.70 bits per heavy atom. The van der Waals surface area contributed by atoms with Crippen molar-refractivity contribution in [2.24, 2.45) is 0 Å². The van der Waals surface area contributed by atoms with Gasteiger partial charge in [-0.3, -0.25) is 0 Å². The first-order valence-electron chi connectivity index (χ1n) is 4.42. The Morgan fingerprint density at radius 3 is 3.50 bits per heavy atom. The van der Waals surface area contributed by atoms with Gasteiger partial charge in [0.25, 0.3) is 0 Å². The zero-order chi connectivity index (χ0) is 9.47. The maximum atomic E-state index is 7.12. The van der Waals surface area contributed by atoms with Crippen LogP contribution >= 0.6 is 0 Å². The molecule has 0 unspecified atom stereocenters. The van der Waals surface area contributed by atoms with Crippen molar-refractivity contribution < 1.29 is 8.53 Å². The van der Waals surface area contributed by atoms with E-state index in [9.17, 15) is 0 Å². The molecule has 2 aromatic rings. The number of hydrogen-bond acceptors (Lipinski definition) is 2. The molecule has 0 fully saturated rings. The second-order valence-electron chi connectivity index (χ2n) is 2.01. The van der Waals surface area contributed by atoms with Crippen LogP contribution in [0.2, 0.25) is 0 Å². The maximum absolute atomic E-state index is 7.12. The van der Waals surface area contributed by atoms with E-state index in [0.717, 1.165) is 0 Å². The van der Waals surface area contributed by atoms with Crippen LogP contribution < -0.4 is 0 Å². The SMILES string of the molecule is [2H]C([2H])([2H])c1cc2cccnc2o1. The van der Waals surface area contributed by atoms with E-state index in [2.05, 4.69) is 4.98 Å². The third kappa shape index (κ3) is 0.692. The first-order chi connectivity index (χ1) is 6.07. The molecule has 0 aliphatic carbocycles. The molecule has 0 aromatic carbocycles. The first kappa shape index (κ1) is 3.19. The standard InChI is InChI=1S/C8H7NO/c1-6-5-7-3-2-4-9-8(7)10-6/h2-5H,1H3/i1D3. The summed E-state index contributed by atoms with van der Waals surface area (Å²) in [5.41, 5.74) is 0.369. The van der Waals surface area contributed by atoms with Gasteiger partial charge in [0, 0.05) is 15.7 Å². The van der Waals surface area contributed by atoms with Crippen LogP contribution in [0.4, 0.5) is 0 Å². The summed E-state index contributed by atoms with van der Waals surface area (Å²) < 4.78 is 26.4. The predicted molar refractivity (Wildman–Crippen MR) is 38.7 cm³/mol. The Morgan fingerprint density at radius 1 is 1.70 bits per heavy atom. The van der Waals surface area contributed by atoms with Crippen LogP contribution in [0.3, 0.4) is 0 Å². The number of rotatable bonds is 0. The zero-order valence-corrected chi connectivity index (χ0v) is 5.16. The Bertz CT molecular complexity index is 399. The van der Waals surface area contributed by atoms with Gasteiger partial charge in [-0.2, -0.15) is 0 Å². The molecule has 2 aromatic heterocycles. The second kappa shape index (κ2) is 1.84. The second-order valence-corrected chi connectivity index (χ2v) is 2.01. The van der Waals surface area contributed by atoms with Crippen molar-refractivity contribution in [1.82, 2.24) is 4.98 Å². The van der Waals surface area contributed by atoms with E-state index in [-0.39, 0.29) is 5.76 Å². The van der Waals surface area contributed by atoms with Gasteiger partial charge >= 0.3 is 0 Å². The Labute approximate surface area is 62.7 Å². The topological polar surface area (TPSA) is 26.0 Å². The molecule has 0 bridgehead atoms. The van der Waals surface area contributed by atoms with Gasteiger partial charge in [-0.15, -0.1) is 0 Å². The average Bonchev–Trinajstić information content (AvgIpc) is 2.45. The van der Waals surface area contributed by atoms with Gasteiger partial charge in [-0.25, -0.2) is 4.98 Å². The molecule has 10 heavy (non-hydrogen) atoms. The van der Waals surface area contributed by atoms with E-state index in [1.54, 1.807) is 18.3 Å². The molecule has 2 rings (SSSR count). The van der Waals surface area contributed by atoms with E-state index >= 15 is 0 Å². The quantitative estimate of drug-likeness (QED) is 0.554. The lowest BCUT2D eigenvalue weighted by Gasteiger charge is -1.81. The van der Waals surface area contributed by atoms with Crippen LogP contribution in [0.25, 0.3) is 11.1 Å². The monoisotopic (exact) mass is 136 g/mol. The minimum Gasteiger partial charge on any atom is -0.443 e. The van der Waals surface area contributed by atoms with Gasteiger partial charge in [0.15, 0.2) is 0 Å². The Hall–Kier alpha value is -1.31. The van der Waals surface area contributed by atoms with Gasteiger partial charge in [-0.1, -0.05) is 0 Å². The van der Waals surface area contributed by atoms with Crippen molar-refractivity contribution in [2.75, 3.05) is 0 Å². The van der Waals surface area contributed by atoms with E-state index in [1.165, 1.54) is 6.07 Å². The molecule has 0 saturated heterocycles. The number of hydrogen-bond donors (Lipinski definition) is 0. The fourth-order valence-corrected chi connectivity index (χ4v) is 0.873. The number of aromatic nitrogens is 1. The lowest BCUT2D eigenvalue weighted by molar-refractivity contribution is 0.567. The van der Waals surface area contributed by atoms with E-state index in [0.29, 0.717) is 11.1 Å². The molecule has 0 N–H and O–H groups in total. The Balaban J connectivity index is 2.63. The largest absolute Gasteiger partial charge is 0.443 e. The third-order valence-corrected chi connectivity index (χ3v) is 1.29. The summed E-state index contributed by atoms with van der Waals surface area (Å²) in [5, 5.41) is 0.716. The minimum atomic E-state index is -2.19. The number of fused-ring (bicyclic) bond motifs is 1. The highest BCUT2D eigenvalue weighted by molar-refractivity contribution is 5.73. The summed E-state index contributed by atoms with van der Waals surface area (Å²) >= 11 is 0. The average molecular weight is 136 g/mol. The highest BCUT2D eigenvalue weighted by Crippen LogP contribution is 2.14. The molecule has 0 saturated carbocycles. The van der Waals surface area contributed by atoms with E-state index in [1.807, 2.05) is 0 Å². The molecule has 2 nitrogen and oxygen atoms in total. The highest BCUT2D eigenvalue weighted by atomic mass is 16.3. The molecular formula is C8H7NO. The van der Waals surface area contributed by atoms with Gasteiger partial charge in [-0.05, 0) is 25.1 Å². The van der Waals surface area contributed by atoms with E-state index < -0.39 is 6.85 Å². The van der Waals surface area contributed by atoms with Crippen LogP contribution in [-0.4, -0.2) is 4.98 Å². The van der Waals surface area contributed by atoms with Crippen molar-refractivity contribution in [3.63, 3.8) is 0 Å². The summed E-state index contributed by atoms with van der Waals surface area (Å²) in [5.74, 6) is -0.0128. The molecular weight excluding hydrogens is 126 g/mol. The highest BCUT2D eigenvalue weighted by Gasteiger charge is 1.96. The van der Waals surface area contributed by atoms with Crippen LogP contribution in [-0.2, 0) is 0 Å². The fourth-order valence-electron chi connectivity index (χ4n) is 0.873. The normalized spacial score (nSPS) is 16.2. The van der Waals surface area contributed by atoms with Crippen LogP contribution in [0.1, 0.15) is 9.87 Å². The summed E-state index contributed by atoms with van der Waals surface area (Å²) in [6.07, 6.45) is 1.56. The zero-order valence-electron chi connectivity index (χ0n) is 8.16. The number of aryl methyl sites for hydroxylation is 1. The van der Waals surface area contributed by atoms with Crippen LogP contribution in [0.5, 0.6) is 0 Å². The molecule has 2 heteroatoms. The number of nitrogens with zero attached hydrogens (tertiary/aromatic N) is 1. The molecule has 0 aliphatic heterocycles. The smallest absolute Gasteiger partial charge is 0.226 e. The van der Waals surface area contributed by atoms with Crippen molar-refractivity contribution >= 4 is 11.1 Å². The van der Waals surface area contributed by atoms with Gasteiger partial charge < -0.3 is 4.42 Å². The Kier molecular flexibility index (Phi) is 0.586. The molecule has 50 valence electrons. The van der Waals surface area contributed by atoms with Crippen molar-refractivity contribution in [3.8, 4) is 0 Å². The fraction of sp³-hybridized carbons (Fsp3) is 0.125. The lowest BCUT2D eigenvalue weighted by Crippen LogP contribution is -1.66. The van der Waals surface area contributed by atoms with Gasteiger partial charge in [0.05, 0.1) is 0 Å². The molecule has 0 aliphatic rings. The lowest BCUT2D eigenvalue weighted by atomic mass is 10.3. The summed E-state index contributed by atoms with van der Waals surface area (Å²) in [4.78, 5) is 3.90. The third-order valence-electron chi connectivity index (χ3n) is 1.29. The van der Waals surface area contributed by atoms with Crippen LogP contribution in [0.15, 0.2) is 28.8 Å². The van der Waals surface area contributed by atoms with Crippen molar-refractivity contribution in [2.45, 2.75) is 6.85 Å².